The van der Waals surface area contributed by atoms with Gasteiger partial charge >= 0.3 is 0 Å². The molecule has 0 fully saturated rings. The molecule has 3 heteroatoms. The third kappa shape index (κ3) is 4.16. The highest BCUT2D eigenvalue weighted by atomic mass is 32.1. The second kappa shape index (κ2) is 6.85. The summed E-state index contributed by atoms with van der Waals surface area (Å²) in [5.41, 5.74) is 1.17. The zero-order chi connectivity index (χ0) is 13.7. The van der Waals surface area contributed by atoms with E-state index < -0.39 is 0 Å². The summed E-state index contributed by atoms with van der Waals surface area (Å²) in [6, 6.07) is 14.6. The number of aliphatic hydroxyl groups excluding tert-OH is 1. The van der Waals surface area contributed by atoms with E-state index in [0.717, 1.165) is 0 Å². The SMILES string of the molecule is CC(NC(C)C(O)Cc1ccccc1)c1cccs1. The number of hydrogen-bond donors (Lipinski definition) is 2. The molecule has 0 spiro atoms. The summed E-state index contributed by atoms with van der Waals surface area (Å²) in [5.74, 6) is 0. The first kappa shape index (κ1) is 14.3. The van der Waals surface area contributed by atoms with Crippen LogP contribution in [0.25, 0.3) is 0 Å². The Kier molecular flexibility index (Phi) is 5.14. The normalized spacial score (nSPS) is 15.9. The van der Waals surface area contributed by atoms with Crippen molar-refractivity contribution in [1.82, 2.24) is 5.32 Å². The van der Waals surface area contributed by atoms with Crippen LogP contribution in [0.5, 0.6) is 0 Å². The van der Waals surface area contributed by atoms with Crippen molar-refractivity contribution in [3.05, 3.63) is 58.3 Å². The van der Waals surface area contributed by atoms with Crippen molar-refractivity contribution in [2.45, 2.75) is 38.5 Å². The van der Waals surface area contributed by atoms with E-state index in [2.05, 4.69) is 41.9 Å². The van der Waals surface area contributed by atoms with Gasteiger partial charge in [0.25, 0.3) is 0 Å². The molecule has 0 aliphatic rings. The maximum atomic E-state index is 10.3. The summed E-state index contributed by atoms with van der Waals surface area (Å²) in [6.07, 6.45) is 0.316. The van der Waals surface area contributed by atoms with Gasteiger partial charge in [-0.1, -0.05) is 36.4 Å². The van der Waals surface area contributed by atoms with Crippen LogP contribution >= 0.6 is 11.3 Å². The summed E-state index contributed by atoms with van der Waals surface area (Å²) in [4.78, 5) is 1.30. The minimum Gasteiger partial charge on any atom is -0.391 e. The Morgan fingerprint density at radius 1 is 1.11 bits per heavy atom. The molecule has 1 aromatic heterocycles. The lowest BCUT2D eigenvalue weighted by Gasteiger charge is -2.24. The molecule has 2 aromatic rings. The fourth-order valence-electron chi connectivity index (χ4n) is 2.16. The number of aliphatic hydroxyl groups is 1. The van der Waals surface area contributed by atoms with E-state index in [1.54, 1.807) is 11.3 Å². The third-order valence-corrected chi connectivity index (χ3v) is 4.40. The van der Waals surface area contributed by atoms with E-state index in [-0.39, 0.29) is 18.2 Å². The second-order valence-corrected chi connectivity index (χ2v) is 5.93. The van der Waals surface area contributed by atoms with Crippen LogP contribution in [-0.4, -0.2) is 17.3 Å². The molecule has 1 heterocycles. The predicted molar refractivity (Wildman–Crippen MR) is 81.5 cm³/mol. The van der Waals surface area contributed by atoms with Gasteiger partial charge in [0.05, 0.1) is 6.10 Å². The third-order valence-electron chi connectivity index (χ3n) is 3.35. The highest BCUT2D eigenvalue weighted by Crippen LogP contribution is 2.19. The first-order valence-electron chi connectivity index (χ1n) is 6.68. The number of rotatable bonds is 6. The van der Waals surface area contributed by atoms with E-state index in [1.807, 2.05) is 25.1 Å². The topological polar surface area (TPSA) is 32.3 Å². The van der Waals surface area contributed by atoms with Crippen molar-refractivity contribution in [3.63, 3.8) is 0 Å². The van der Waals surface area contributed by atoms with Crippen LogP contribution in [0.2, 0.25) is 0 Å². The monoisotopic (exact) mass is 275 g/mol. The largest absolute Gasteiger partial charge is 0.391 e. The van der Waals surface area contributed by atoms with Crippen molar-refractivity contribution in [3.8, 4) is 0 Å². The van der Waals surface area contributed by atoms with Gasteiger partial charge in [-0.25, -0.2) is 0 Å². The fraction of sp³-hybridized carbons (Fsp3) is 0.375. The van der Waals surface area contributed by atoms with Crippen LogP contribution in [0.4, 0.5) is 0 Å². The van der Waals surface area contributed by atoms with E-state index in [1.165, 1.54) is 10.4 Å². The summed E-state index contributed by atoms with van der Waals surface area (Å²) < 4.78 is 0. The van der Waals surface area contributed by atoms with Crippen molar-refractivity contribution >= 4 is 11.3 Å². The van der Waals surface area contributed by atoms with Crippen molar-refractivity contribution < 1.29 is 5.11 Å². The lowest BCUT2D eigenvalue weighted by atomic mass is 10.0. The van der Waals surface area contributed by atoms with Gasteiger partial charge in [-0.15, -0.1) is 11.3 Å². The lowest BCUT2D eigenvalue weighted by Crippen LogP contribution is -2.39. The average Bonchev–Trinajstić information content (AvgIpc) is 2.93. The first-order chi connectivity index (χ1) is 9.16. The van der Waals surface area contributed by atoms with Crippen molar-refractivity contribution in [2.75, 3.05) is 0 Å². The molecule has 2 N–H and O–H groups in total. The smallest absolute Gasteiger partial charge is 0.0730 e. The Morgan fingerprint density at radius 3 is 2.47 bits per heavy atom. The molecule has 102 valence electrons. The number of benzene rings is 1. The van der Waals surface area contributed by atoms with Gasteiger partial charge in [0.2, 0.25) is 0 Å². The molecule has 0 aliphatic carbocycles. The van der Waals surface area contributed by atoms with E-state index in [4.69, 9.17) is 0 Å². The number of hydrogen-bond acceptors (Lipinski definition) is 3. The maximum Gasteiger partial charge on any atom is 0.0730 e. The summed E-state index contributed by atoms with van der Waals surface area (Å²) >= 11 is 1.74. The maximum absolute atomic E-state index is 10.3. The number of nitrogens with one attached hydrogen (secondary N) is 1. The Morgan fingerprint density at radius 2 is 1.84 bits per heavy atom. The molecule has 0 saturated carbocycles. The quantitative estimate of drug-likeness (QED) is 0.847. The highest BCUT2D eigenvalue weighted by molar-refractivity contribution is 7.10. The van der Waals surface area contributed by atoms with Gasteiger partial charge in [0, 0.05) is 17.0 Å². The molecule has 0 saturated heterocycles. The highest BCUT2D eigenvalue weighted by Gasteiger charge is 2.17. The summed E-state index contributed by atoms with van der Waals surface area (Å²) in [7, 11) is 0. The summed E-state index contributed by atoms with van der Waals surface area (Å²) in [6.45, 7) is 4.18. The van der Waals surface area contributed by atoms with Crippen LogP contribution in [0, 0.1) is 0 Å². The van der Waals surface area contributed by atoms with E-state index in [0.29, 0.717) is 6.42 Å². The van der Waals surface area contributed by atoms with Gasteiger partial charge in [0.1, 0.15) is 0 Å². The van der Waals surface area contributed by atoms with Crippen LogP contribution < -0.4 is 5.32 Å². The molecule has 1 aromatic carbocycles. The van der Waals surface area contributed by atoms with Gasteiger partial charge < -0.3 is 10.4 Å². The zero-order valence-corrected chi connectivity index (χ0v) is 12.2. The second-order valence-electron chi connectivity index (χ2n) is 4.95. The molecule has 0 aliphatic heterocycles. The molecule has 2 nitrogen and oxygen atoms in total. The Hall–Kier alpha value is -1.16. The molecule has 2 rings (SSSR count). The lowest BCUT2D eigenvalue weighted by molar-refractivity contribution is 0.129. The van der Waals surface area contributed by atoms with Crippen LogP contribution in [0.1, 0.15) is 30.3 Å². The Balaban J connectivity index is 1.87. The standard InChI is InChI=1S/C16H21NOS/c1-12(17-13(2)16-9-6-10-19-16)15(18)11-14-7-4-3-5-8-14/h3-10,12-13,15,17-18H,11H2,1-2H3. The zero-order valence-electron chi connectivity index (χ0n) is 11.4. The minimum absolute atomic E-state index is 0.0670. The molecule has 19 heavy (non-hydrogen) atoms. The molecular weight excluding hydrogens is 254 g/mol. The summed E-state index contributed by atoms with van der Waals surface area (Å²) in [5, 5.41) is 15.8. The van der Waals surface area contributed by atoms with Crippen molar-refractivity contribution in [1.29, 1.82) is 0 Å². The van der Waals surface area contributed by atoms with Gasteiger partial charge in [-0.05, 0) is 37.3 Å². The number of thiophene rings is 1. The Labute approximate surface area is 119 Å². The fourth-order valence-corrected chi connectivity index (χ4v) is 2.90. The first-order valence-corrected chi connectivity index (χ1v) is 7.56. The predicted octanol–water partition coefficient (Wildman–Crippen LogP) is 3.39. The van der Waals surface area contributed by atoms with Crippen LogP contribution in [-0.2, 0) is 6.42 Å². The van der Waals surface area contributed by atoms with Gasteiger partial charge in [0.15, 0.2) is 0 Å². The van der Waals surface area contributed by atoms with Gasteiger partial charge in [-0.2, -0.15) is 0 Å². The van der Waals surface area contributed by atoms with E-state index in [9.17, 15) is 5.11 Å². The minimum atomic E-state index is -0.371. The Bertz CT molecular complexity index is 469. The van der Waals surface area contributed by atoms with Gasteiger partial charge in [-0.3, -0.25) is 0 Å². The molecule has 0 bridgehead atoms. The van der Waals surface area contributed by atoms with Crippen LogP contribution in [0.3, 0.4) is 0 Å². The molecular formula is C16H21NOS. The molecule has 3 unspecified atom stereocenters. The molecule has 0 radical (unpaired) electrons. The molecule has 3 atom stereocenters. The van der Waals surface area contributed by atoms with Crippen LogP contribution in [0.15, 0.2) is 47.8 Å². The van der Waals surface area contributed by atoms with E-state index >= 15 is 0 Å². The van der Waals surface area contributed by atoms with Crippen molar-refractivity contribution in [2.24, 2.45) is 0 Å². The molecule has 0 amide bonds. The average molecular weight is 275 g/mol.